The quantitative estimate of drug-likeness (QED) is 0.180. The van der Waals surface area contributed by atoms with Crippen LogP contribution >= 0.6 is 0 Å². The van der Waals surface area contributed by atoms with Crippen molar-refractivity contribution in [1.29, 1.82) is 5.41 Å². The lowest BCUT2D eigenvalue weighted by Gasteiger charge is -2.16. The molecule has 0 aliphatic rings. The molecule has 4 amide bonds. The summed E-state index contributed by atoms with van der Waals surface area (Å²) in [5.74, 6) is -4.77. The fourth-order valence-electron chi connectivity index (χ4n) is 2.23. The molecule has 0 aromatic carbocycles. The first-order chi connectivity index (χ1) is 14.8. The average Bonchev–Trinajstić information content (AvgIpc) is 2.71. The highest BCUT2D eigenvalue weighted by atomic mass is 16.4. The zero-order chi connectivity index (χ0) is 24.9. The molecule has 0 rings (SSSR count). The smallest absolute Gasteiger partial charge is 0.312 e. The van der Waals surface area contributed by atoms with E-state index in [1.807, 2.05) is 0 Å². The molecule has 0 bridgehead atoms. The second-order valence-electron chi connectivity index (χ2n) is 8.09. The fraction of sp³-hybridized carbons (Fsp3) is 0.650. The number of carboxylic acid groups (broad SMARTS) is 1. The number of hydrogen-bond donors (Lipinski definition) is 6. The first kappa shape index (κ1) is 28.7. The average molecular weight is 456 g/mol. The molecule has 0 heterocycles. The molecule has 12 nitrogen and oxygen atoms in total. The second kappa shape index (κ2) is 13.9. The summed E-state index contributed by atoms with van der Waals surface area (Å²) in [6.07, 6.45) is 0.0426. The number of aliphatic carboxylic acids is 1. The summed E-state index contributed by atoms with van der Waals surface area (Å²) >= 11 is 0. The summed E-state index contributed by atoms with van der Waals surface area (Å²) in [5, 5.41) is 25.9. The van der Waals surface area contributed by atoms with Crippen LogP contribution in [0.2, 0.25) is 0 Å². The molecular formula is C20H33N5O7. The van der Waals surface area contributed by atoms with E-state index in [-0.39, 0.29) is 43.8 Å². The largest absolute Gasteiger partial charge is 0.481 e. The minimum atomic E-state index is -1.18. The molecule has 180 valence electrons. The Kier molecular flexibility index (Phi) is 12.4. The number of Topliss-reactive ketones (excluding diaryl/α,β-unsaturated/α-hetero) is 1. The molecule has 0 saturated carbocycles. The van der Waals surface area contributed by atoms with Crippen molar-refractivity contribution in [1.82, 2.24) is 21.3 Å². The van der Waals surface area contributed by atoms with Gasteiger partial charge in [0.25, 0.3) is 0 Å². The maximum Gasteiger partial charge on any atom is 0.312 e. The van der Waals surface area contributed by atoms with Gasteiger partial charge in [0.1, 0.15) is 0 Å². The van der Waals surface area contributed by atoms with E-state index in [4.69, 9.17) is 10.5 Å². The Balaban J connectivity index is 4.10. The minimum Gasteiger partial charge on any atom is -0.481 e. The molecule has 32 heavy (non-hydrogen) atoms. The Labute approximate surface area is 186 Å². The number of ketones is 1. The van der Waals surface area contributed by atoms with Crippen LogP contribution in [0.25, 0.3) is 0 Å². The van der Waals surface area contributed by atoms with Crippen LogP contribution in [0.1, 0.15) is 47.0 Å². The van der Waals surface area contributed by atoms with Crippen molar-refractivity contribution >= 4 is 41.1 Å². The third-order valence-electron chi connectivity index (χ3n) is 4.38. The van der Waals surface area contributed by atoms with Crippen LogP contribution < -0.4 is 21.3 Å². The van der Waals surface area contributed by atoms with Crippen LogP contribution in [0.3, 0.4) is 0 Å². The van der Waals surface area contributed by atoms with Gasteiger partial charge in [-0.1, -0.05) is 27.7 Å². The molecule has 0 spiro atoms. The Hall–Kier alpha value is -3.31. The van der Waals surface area contributed by atoms with Crippen molar-refractivity contribution < 1.29 is 33.9 Å². The van der Waals surface area contributed by atoms with Crippen LogP contribution in [0.4, 0.5) is 0 Å². The molecule has 0 aromatic rings. The van der Waals surface area contributed by atoms with Crippen molar-refractivity contribution in [2.75, 3.05) is 26.2 Å². The van der Waals surface area contributed by atoms with Gasteiger partial charge in [-0.3, -0.25) is 28.8 Å². The SMILES string of the molecule is CCC(=N)[C@@H](CCC(=O)NCC(=O)NCC(=O)NCC(=O)NCC(=O)C(C)(C)C)C(=O)O. The molecule has 6 N–H and O–H groups in total. The lowest BCUT2D eigenvalue weighted by Crippen LogP contribution is -2.45. The lowest BCUT2D eigenvalue weighted by atomic mass is 9.91. The van der Waals surface area contributed by atoms with Crippen molar-refractivity contribution in [3.63, 3.8) is 0 Å². The molecule has 12 heteroatoms. The second-order valence-corrected chi connectivity index (χ2v) is 8.09. The summed E-state index contributed by atoms with van der Waals surface area (Å²) in [6.45, 7) is 5.47. The van der Waals surface area contributed by atoms with Crippen molar-refractivity contribution in [3.8, 4) is 0 Å². The Morgan fingerprint density at radius 2 is 1.19 bits per heavy atom. The number of carboxylic acids is 1. The zero-order valence-corrected chi connectivity index (χ0v) is 18.9. The molecule has 0 aromatic heterocycles. The Morgan fingerprint density at radius 3 is 1.56 bits per heavy atom. The topological polar surface area (TPSA) is 195 Å². The first-order valence-electron chi connectivity index (χ1n) is 10.2. The number of hydrogen-bond acceptors (Lipinski definition) is 7. The van der Waals surface area contributed by atoms with E-state index >= 15 is 0 Å². The summed E-state index contributed by atoms with van der Waals surface area (Å²) in [6, 6.07) is 0. The van der Waals surface area contributed by atoms with Gasteiger partial charge >= 0.3 is 5.97 Å². The summed E-state index contributed by atoms with van der Waals surface area (Å²) < 4.78 is 0. The van der Waals surface area contributed by atoms with E-state index in [2.05, 4.69) is 21.3 Å². The van der Waals surface area contributed by atoms with E-state index in [1.54, 1.807) is 27.7 Å². The maximum absolute atomic E-state index is 11.8. The monoisotopic (exact) mass is 455 g/mol. The standard InChI is InChI=1S/C20H33N5O7/c1-5-13(21)12(19(31)32)6-7-15(27)23-9-17(29)25-11-18(30)24-10-16(28)22-8-14(26)20(2,3)4/h12,21H,5-11H2,1-4H3,(H,22,28)(H,23,27)(H,24,30)(H,25,29)(H,31,32)/t12-/m1/s1. The van der Waals surface area contributed by atoms with Gasteiger partial charge < -0.3 is 31.8 Å². The van der Waals surface area contributed by atoms with Crippen LogP contribution in [-0.2, 0) is 28.8 Å². The van der Waals surface area contributed by atoms with Gasteiger partial charge in [-0.15, -0.1) is 0 Å². The molecule has 0 saturated heterocycles. The Morgan fingerprint density at radius 1 is 0.781 bits per heavy atom. The predicted octanol–water partition coefficient (Wildman–Crippen LogP) is -1.02. The minimum absolute atomic E-state index is 0.0172. The van der Waals surface area contributed by atoms with E-state index in [9.17, 15) is 28.8 Å². The van der Waals surface area contributed by atoms with Crippen molar-refractivity contribution in [2.24, 2.45) is 11.3 Å². The number of nitrogens with one attached hydrogen (secondary N) is 5. The number of amides is 4. The van der Waals surface area contributed by atoms with Gasteiger partial charge in [0.2, 0.25) is 23.6 Å². The predicted molar refractivity (Wildman–Crippen MR) is 115 cm³/mol. The Bertz CT molecular complexity index is 743. The van der Waals surface area contributed by atoms with Crippen LogP contribution in [0.5, 0.6) is 0 Å². The number of carbonyl (C=O) groups excluding carboxylic acids is 5. The van der Waals surface area contributed by atoms with Crippen molar-refractivity contribution in [3.05, 3.63) is 0 Å². The molecule has 0 fully saturated rings. The van der Waals surface area contributed by atoms with Crippen LogP contribution in [0.15, 0.2) is 0 Å². The molecule has 0 unspecified atom stereocenters. The van der Waals surface area contributed by atoms with Crippen LogP contribution in [-0.4, -0.2) is 72.4 Å². The van der Waals surface area contributed by atoms with Gasteiger partial charge in [-0.2, -0.15) is 0 Å². The number of rotatable bonds is 14. The molecule has 1 atom stereocenters. The third-order valence-corrected chi connectivity index (χ3v) is 4.38. The molecule has 0 radical (unpaired) electrons. The summed E-state index contributed by atoms with van der Waals surface area (Å²) in [4.78, 5) is 69.7. The maximum atomic E-state index is 11.8. The molecule has 0 aliphatic heterocycles. The van der Waals surface area contributed by atoms with Gasteiger partial charge in [0, 0.05) is 17.5 Å². The number of carbonyl (C=O) groups is 6. The lowest BCUT2D eigenvalue weighted by molar-refractivity contribution is -0.139. The normalized spacial score (nSPS) is 11.6. The highest BCUT2D eigenvalue weighted by Crippen LogP contribution is 2.13. The van der Waals surface area contributed by atoms with E-state index in [0.717, 1.165) is 0 Å². The van der Waals surface area contributed by atoms with Gasteiger partial charge in [0.15, 0.2) is 5.78 Å². The molecular weight excluding hydrogens is 422 g/mol. The van der Waals surface area contributed by atoms with Gasteiger partial charge in [0.05, 0.1) is 32.1 Å². The van der Waals surface area contributed by atoms with E-state index < -0.39 is 54.0 Å². The van der Waals surface area contributed by atoms with Crippen molar-refractivity contribution in [2.45, 2.75) is 47.0 Å². The first-order valence-corrected chi connectivity index (χ1v) is 10.2. The zero-order valence-electron chi connectivity index (χ0n) is 18.9. The van der Waals surface area contributed by atoms with Crippen LogP contribution in [0, 0.1) is 16.7 Å². The third kappa shape index (κ3) is 12.4. The highest BCUT2D eigenvalue weighted by Gasteiger charge is 2.23. The highest BCUT2D eigenvalue weighted by molar-refractivity contribution is 6.00. The summed E-state index contributed by atoms with van der Waals surface area (Å²) in [7, 11) is 0. The van der Waals surface area contributed by atoms with Gasteiger partial charge in [-0.25, -0.2) is 0 Å². The molecule has 0 aliphatic carbocycles. The summed E-state index contributed by atoms with van der Waals surface area (Å²) in [5.41, 5.74) is -0.573. The fourth-order valence-corrected chi connectivity index (χ4v) is 2.23. The van der Waals surface area contributed by atoms with Gasteiger partial charge in [-0.05, 0) is 12.8 Å². The van der Waals surface area contributed by atoms with E-state index in [0.29, 0.717) is 0 Å². The van der Waals surface area contributed by atoms with E-state index in [1.165, 1.54) is 0 Å².